The zero-order valence-corrected chi connectivity index (χ0v) is 10.9. The van der Waals surface area contributed by atoms with E-state index in [0.717, 1.165) is 25.9 Å². The topological polar surface area (TPSA) is 43.8 Å². The van der Waals surface area contributed by atoms with E-state index >= 15 is 0 Å². The molecule has 1 aliphatic heterocycles. The third-order valence-electron chi connectivity index (χ3n) is 3.17. The molecular weight excluding hydrogens is 216 g/mol. The highest BCUT2D eigenvalue weighted by molar-refractivity contribution is 5.66. The van der Waals surface area contributed by atoms with Gasteiger partial charge in [-0.25, -0.2) is 4.79 Å². The molecule has 1 fully saturated rings. The predicted molar refractivity (Wildman–Crippen MR) is 67.9 cm³/mol. The molecule has 0 aromatic rings. The van der Waals surface area contributed by atoms with E-state index in [2.05, 4.69) is 10.8 Å². The van der Waals surface area contributed by atoms with Crippen molar-refractivity contribution in [2.75, 3.05) is 19.6 Å². The average molecular weight is 238 g/mol. The van der Waals surface area contributed by atoms with Crippen LogP contribution in [-0.2, 0) is 0 Å². The van der Waals surface area contributed by atoms with Gasteiger partial charge in [0.2, 0.25) is 0 Å². The van der Waals surface area contributed by atoms with E-state index in [1.165, 1.54) is 0 Å². The first-order valence-corrected chi connectivity index (χ1v) is 6.04. The molecule has 0 aromatic carbocycles. The van der Waals surface area contributed by atoms with E-state index in [-0.39, 0.29) is 11.6 Å². The SMILES string of the molecule is C#CCN1CCC(N(C(=O)O)C(C)(C)C)CC1. The van der Waals surface area contributed by atoms with Gasteiger partial charge in [-0.05, 0) is 33.6 Å². The Labute approximate surface area is 104 Å². The summed E-state index contributed by atoms with van der Waals surface area (Å²) >= 11 is 0. The van der Waals surface area contributed by atoms with Crippen LogP contribution in [0.1, 0.15) is 33.6 Å². The van der Waals surface area contributed by atoms with Crippen LogP contribution >= 0.6 is 0 Å². The van der Waals surface area contributed by atoms with Crippen molar-refractivity contribution in [3.63, 3.8) is 0 Å². The minimum atomic E-state index is -0.826. The predicted octanol–water partition coefficient (Wildman–Crippen LogP) is 1.86. The lowest BCUT2D eigenvalue weighted by atomic mass is 9.97. The normalized spacial score (nSPS) is 18.7. The van der Waals surface area contributed by atoms with Gasteiger partial charge in [0.05, 0.1) is 6.54 Å². The standard InChI is InChI=1S/C13H22N2O2/c1-5-8-14-9-6-11(7-10-14)15(12(16)17)13(2,3)4/h1,11H,6-10H2,2-4H3,(H,16,17). The number of terminal acetylenes is 1. The molecule has 0 bridgehead atoms. The fourth-order valence-electron chi connectivity index (χ4n) is 2.46. The van der Waals surface area contributed by atoms with Gasteiger partial charge in [-0.1, -0.05) is 5.92 Å². The van der Waals surface area contributed by atoms with E-state index in [4.69, 9.17) is 6.42 Å². The number of piperidine rings is 1. The number of hydrogen-bond donors (Lipinski definition) is 1. The Bertz CT molecular complexity index is 306. The molecule has 1 saturated heterocycles. The zero-order chi connectivity index (χ0) is 13.1. The van der Waals surface area contributed by atoms with Crippen molar-refractivity contribution in [3.05, 3.63) is 0 Å². The van der Waals surface area contributed by atoms with Crippen LogP contribution in [0.5, 0.6) is 0 Å². The van der Waals surface area contributed by atoms with Gasteiger partial charge < -0.3 is 10.0 Å². The van der Waals surface area contributed by atoms with E-state index in [0.29, 0.717) is 6.54 Å². The highest BCUT2D eigenvalue weighted by Crippen LogP contribution is 2.24. The molecule has 4 nitrogen and oxygen atoms in total. The molecule has 96 valence electrons. The molecule has 0 aromatic heterocycles. The summed E-state index contributed by atoms with van der Waals surface area (Å²) in [5.74, 6) is 2.63. The van der Waals surface area contributed by atoms with Gasteiger partial charge in [0.1, 0.15) is 0 Å². The van der Waals surface area contributed by atoms with Crippen LogP contribution in [0.4, 0.5) is 4.79 Å². The maximum Gasteiger partial charge on any atom is 0.407 e. The van der Waals surface area contributed by atoms with Crippen molar-refractivity contribution in [2.24, 2.45) is 0 Å². The molecular formula is C13H22N2O2. The third kappa shape index (κ3) is 3.64. The van der Waals surface area contributed by atoms with Crippen LogP contribution in [0.2, 0.25) is 0 Å². The molecule has 0 atom stereocenters. The van der Waals surface area contributed by atoms with Crippen molar-refractivity contribution < 1.29 is 9.90 Å². The van der Waals surface area contributed by atoms with E-state index < -0.39 is 6.09 Å². The van der Waals surface area contributed by atoms with Gasteiger partial charge in [0.25, 0.3) is 0 Å². The lowest BCUT2D eigenvalue weighted by molar-refractivity contribution is 0.0444. The highest BCUT2D eigenvalue weighted by atomic mass is 16.4. The van der Waals surface area contributed by atoms with Crippen LogP contribution in [-0.4, -0.2) is 52.2 Å². The number of carboxylic acid groups (broad SMARTS) is 1. The molecule has 0 unspecified atom stereocenters. The van der Waals surface area contributed by atoms with Gasteiger partial charge in [-0.15, -0.1) is 6.42 Å². The van der Waals surface area contributed by atoms with Crippen molar-refractivity contribution in [1.29, 1.82) is 0 Å². The fourth-order valence-corrected chi connectivity index (χ4v) is 2.46. The third-order valence-corrected chi connectivity index (χ3v) is 3.17. The highest BCUT2D eigenvalue weighted by Gasteiger charge is 2.34. The summed E-state index contributed by atoms with van der Waals surface area (Å²) in [4.78, 5) is 15.1. The first-order chi connectivity index (χ1) is 7.86. The molecule has 1 rings (SSSR count). The molecule has 17 heavy (non-hydrogen) atoms. The van der Waals surface area contributed by atoms with Gasteiger partial charge in [0, 0.05) is 24.7 Å². The summed E-state index contributed by atoms with van der Waals surface area (Å²) in [7, 11) is 0. The summed E-state index contributed by atoms with van der Waals surface area (Å²) in [6, 6.07) is 0.113. The van der Waals surface area contributed by atoms with Crippen molar-refractivity contribution in [3.8, 4) is 12.3 Å². The molecule has 1 heterocycles. The Morgan fingerprint density at radius 3 is 2.35 bits per heavy atom. The average Bonchev–Trinajstić information content (AvgIpc) is 2.18. The zero-order valence-electron chi connectivity index (χ0n) is 10.9. The number of likely N-dealkylation sites (tertiary alicyclic amines) is 1. The Balaban J connectivity index is 2.62. The van der Waals surface area contributed by atoms with Crippen molar-refractivity contribution in [1.82, 2.24) is 9.80 Å². The summed E-state index contributed by atoms with van der Waals surface area (Å²) in [6.45, 7) is 8.25. The van der Waals surface area contributed by atoms with Crippen LogP contribution in [0.25, 0.3) is 0 Å². The summed E-state index contributed by atoms with van der Waals surface area (Å²) in [5.41, 5.74) is -0.342. The molecule has 1 aliphatic rings. The van der Waals surface area contributed by atoms with Crippen LogP contribution in [0.15, 0.2) is 0 Å². The monoisotopic (exact) mass is 238 g/mol. The minimum Gasteiger partial charge on any atom is -0.465 e. The van der Waals surface area contributed by atoms with Crippen LogP contribution in [0, 0.1) is 12.3 Å². The summed E-state index contributed by atoms with van der Waals surface area (Å²) < 4.78 is 0. The van der Waals surface area contributed by atoms with Gasteiger partial charge >= 0.3 is 6.09 Å². The van der Waals surface area contributed by atoms with E-state index in [9.17, 15) is 9.90 Å². The Hall–Kier alpha value is -1.21. The van der Waals surface area contributed by atoms with Gasteiger partial charge in [0.15, 0.2) is 0 Å². The lowest BCUT2D eigenvalue weighted by Gasteiger charge is -2.43. The molecule has 1 amide bonds. The Morgan fingerprint density at radius 1 is 1.47 bits per heavy atom. The molecule has 0 radical (unpaired) electrons. The van der Waals surface area contributed by atoms with Gasteiger partial charge in [-0.3, -0.25) is 4.90 Å². The Kier molecular flexibility index (Phi) is 4.41. The second kappa shape index (κ2) is 5.42. The van der Waals surface area contributed by atoms with E-state index in [1.54, 1.807) is 4.90 Å². The second-order valence-electron chi connectivity index (χ2n) is 5.53. The number of carbonyl (C=O) groups is 1. The largest absolute Gasteiger partial charge is 0.465 e. The molecule has 0 spiro atoms. The van der Waals surface area contributed by atoms with Crippen LogP contribution in [0.3, 0.4) is 0 Å². The maximum atomic E-state index is 11.3. The number of nitrogens with zero attached hydrogens (tertiary/aromatic N) is 2. The number of hydrogen-bond acceptors (Lipinski definition) is 2. The number of amides is 1. The summed E-state index contributed by atoms with van der Waals surface area (Å²) in [6.07, 6.45) is 6.18. The fraction of sp³-hybridized carbons (Fsp3) is 0.769. The number of rotatable bonds is 2. The van der Waals surface area contributed by atoms with Crippen molar-refractivity contribution >= 4 is 6.09 Å². The smallest absolute Gasteiger partial charge is 0.407 e. The second-order valence-corrected chi connectivity index (χ2v) is 5.53. The molecule has 4 heteroatoms. The molecule has 0 aliphatic carbocycles. The summed E-state index contributed by atoms with van der Waals surface area (Å²) in [5, 5.41) is 9.31. The lowest BCUT2D eigenvalue weighted by Crippen LogP contribution is -2.54. The maximum absolute atomic E-state index is 11.3. The van der Waals surface area contributed by atoms with Crippen LogP contribution < -0.4 is 0 Å². The first kappa shape index (κ1) is 13.9. The molecule has 1 N–H and O–H groups in total. The first-order valence-electron chi connectivity index (χ1n) is 6.04. The van der Waals surface area contributed by atoms with Gasteiger partial charge in [-0.2, -0.15) is 0 Å². The quantitative estimate of drug-likeness (QED) is 0.747. The molecule has 0 saturated carbocycles. The van der Waals surface area contributed by atoms with E-state index in [1.807, 2.05) is 20.8 Å². The van der Waals surface area contributed by atoms with Crippen molar-refractivity contribution in [2.45, 2.75) is 45.2 Å². The minimum absolute atomic E-state index is 0.113. The Morgan fingerprint density at radius 2 is 2.00 bits per heavy atom.